The van der Waals surface area contributed by atoms with Crippen molar-refractivity contribution in [3.05, 3.63) is 54.2 Å². The Balaban J connectivity index is 1.09. The molecule has 1 saturated heterocycles. The van der Waals surface area contributed by atoms with E-state index in [4.69, 9.17) is 9.47 Å². The first kappa shape index (κ1) is 18.6. The molecule has 4 aromatic rings. The van der Waals surface area contributed by atoms with Crippen LogP contribution >= 0.6 is 0 Å². The molecule has 1 fully saturated rings. The van der Waals surface area contributed by atoms with Crippen LogP contribution in [0, 0.1) is 0 Å². The van der Waals surface area contributed by atoms with Crippen molar-refractivity contribution in [2.24, 2.45) is 0 Å². The summed E-state index contributed by atoms with van der Waals surface area (Å²) >= 11 is 0. The Hall–Kier alpha value is -4.15. The van der Waals surface area contributed by atoms with Crippen LogP contribution in [-0.2, 0) is 6.54 Å². The minimum atomic E-state index is 0.269. The minimum Gasteiger partial charge on any atom is -0.454 e. The van der Waals surface area contributed by atoms with E-state index < -0.39 is 0 Å². The van der Waals surface area contributed by atoms with Crippen molar-refractivity contribution in [1.82, 2.24) is 35.3 Å². The molecule has 1 atom stereocenters. The van der Waals surface area contributed by atoms with Gasteiger partial charge in [-0.1, -0.05) is 6.07 Å². The number of nitrogens with zero attached hydrogens (tertiary/aromatic N) is 6. The lowest BCUT2D eigenvalue weighted by Crippen LogP contribution is -2.19. The average Bonchev–Trinajstić information content (AvgIpc) is 3.63. The number of rotatable bonds is 6. The lowest BCUT2D eigenvalue weighted by atomic mass is 10.1. The number of H-pyrrole nitrogens is 2. The van der Waals surface area contributed by atoms with Crippen LogP contribution in [0.2, 0.25) is 0 Å². The molecule has 1 unspecified atom stereocenters. The highest BCUT2D eigenvalue weighted by Gasteiger charge is 2.27. The number of benzene rings is 1. The van der Waals surface area contributed by atoms with Gasteiger partial charge in [0.25, 0.3) is 0 Å². The van der Waals surface area contributed by atoms with Gasteiger partial charge in [-0.15, -0.1) is 0 Å². The smallest absolute Gasteiger partial charge is 0.231 e. The summed E-state index contributed by atoms with van der Waals surface area (Å²) in [6, 6.07) is 5.86. The largest absolute Gasteiger partial charge is 0.454 e. The molecule has 0 radical (unpaired) electrons. The van der Waals surface area contributed by atoms with Crippen molar-refractivity contribution < 1.29 is 9.47 Å². The van der Waals surface area contributed by atoms with Gasteiger partial charge in [-0.05, 0) is 24.1 Å². The summed E-state index contributed by atoms with van der Waals surface area (Å²) in [5.74, 6) is 4.18. The predicted molar refractivity (Wildman–Crippen MR) is 115 cm³/mol. The van der Waals surface area contributed by atoms with E-state index in [1.165, 1.54) is 0 Å². The number of imidazole rings is 1. The second-order valence-corrected chi connectivity index (χ2v) is 7.78. The van der Waals surface area contributed by atoms with Gasteiger partial charge in [0.2, 0.25) is 12.7 Å². The van der Waals surface area contributed by atoms with E-state index in [1.54, 1.807) is 18.6 Å². The van der Waals surface area contributed by atoms with Crippen molar-refractivity contribution in [3.63, 3.8) is 0 Å². The molecule has 2 aliphatic rings. The lowest BCUT2D eigenvalue weighted by molar-refractivity contribution is 0.174. The first-order valence-electron chi connectivity index (χ1n) is 10.4. The zero-order valence-corrected chi connectivity index (χ0v) is 17.2. The molecule has 32 heavy (non-hydrogen) atoms. The molecule has 3 aromatic heterocycles. The molecule has 1 aromatic carbocycles. The van der Waals surface area contributed by atoms with E-state index in [0.717, 1.165) is 59.5 Å². The number of nitrogens with one attached hydrogen (secondary N) is 3. The van der Waals surface area contributed by atoms with Crippen LogP contribution in [-0.4, -0.2) is 55.2 Å². The summed E-state index contributed by atoms with van der Waals surface area (Å²) in [7, 11) is 0. The molecule has 0 aliphatic carbocycles. The molecule has 2 aliphatic heterocycles. The number of anilines is 2. The summed E-state index contributed by atoms with van der Waals surface area (Å²) in [6.07, 6.45) is 8.21. The normalized spacial score (nSPS) is 17.1. The summed E-state index contributed by atoms with van der Waals surface area (Å²) < 4.78 is 10.8. The van der Waals surface area contributed by atoms with Gasteiger partial charge in [0.15, 0.2) is 11.5 Å². The van der Waals surface area contributed by atoms with Crippen LogP contribution in [0.3, 0.4) is 0 Å². The zero-order valence-electron chi connectivity index (χ0n) is 17.2. The molecule has 0 bridgehead atoms. The van der Waals surface area contributed by atoms with Gasteiger partial charge < -0.3 is 24.7 Å². The number of fused-ring (bicyclic) bond motifs is 1. The number of hydrogen-bond donors (Lipinski definition) is 3. The standard InChI is InChI=1S/C21H21N9O2/c1-2-17-18(32-12-31-17)5-13(1)6-23-21-24-7-15(8-25-21)20-22-10-19(27-20)30-4-3-14(11-30)16-9-26-29-28-16/h1-2,5,7-10,14H,3-4,6,11-12H2,(H,22,27)(H,23,24,25)(H,26,28,29). The Bertz CT molecular complexity index is 1210. The molecule has 11 heteroatoms. The third kappa shape index (κ3) is 3.57. The molecular weight excluding hydrogens is 410 g/mol. The predicted octanol–water partition coefficient (Wildman–Crippen LogP) is 2.32. The maximum absolute atomic E-state index is 5.42. The third-order valence-electron chi connectivity index (χ3n) is 5.76. The van der Waals surface area contributed by atoms with Gasteiger partial charge in [0.05, 0.1) is 23.7 Å². The van der Waals surface area contributed by atoms with Crippen molar-refractivity contribution in [2.75, 3.05) is 30.1 Å². The van der Waals surface area contributed by atoms with E-state index in [2.05, 4.69) is 45.6 Å². The Kier molecular flexibility index (Phi) is 4.56. The van der Waals surface area contributed by atoms with Gasteiger partial charge in [-0.2, -0.15) is 15.4 Å². The van der Waals surface area contributed by atoms with Gasteiger partial charge in [0, 0.05) is 37.9 Å². The summed E-state index contributed by atoms with van der Waals surface area (Å²) in [5, 5.41) is 14.0. The van der Waals surface area contributed by atoms with Crippen LogP contribution in [0.15, 0.2) is 43.0 Å². The summed E-state index contributed by atoms with van der Waals surface area (Å²) in [4.78, 5) is 19.0. The quantitative estimate of drug-likeness (QED) is 0.421. The molecule has 0 saturated carbocycles. The fraction of sp³-hybridized carbons (Fsp3) is 0.286. The third-order valence-corrected chi connectivity index (χ3v) is 5.76. The molecule has 0 spiro atoms. The second kappa shape index (κ2) is 7.84. The summed E-state index contributed by atoms with van der Waals surface area (Å²) in [5.41, 5.74) is 2.90. The first-order chi connectivity index (χ1) is 15.8. The number of aromatic nitrogens is 7. The van der Waals surface area contributed by atoms with E-state index in [-0.39, 0.29) is 6.79 Å². The van der Waals surface area contributed by atoms with Crippen molar-refractivity contribution >= 4 is 11.8 Å². The molecule has 11 nitrogen and oxygen atoms in total. The zero-order chi connectivity index (χ0) is 21.3. The fourth-order valence-corrected chi connectivity index (χ4v) is 4.02. The number of hydrogen-bond acceptors (Lipinski definition) is 9. The van der Waals surface area contributed by atoms with Crippen LogP contribution in [0.5, 0.6) is 11.5 Å². The van der Waals surface area contributed by atoms with E-state index in [9.17, 15) is 0 Å². The van der Waals surface area contributed by atoms with Gasteiger partial charge in [-0.3, -0.25) is 0 Å². The highest BCUT2D eigenvalue weighted by atomic mass is 16.7. The average molecular weight is 431 g/mol. The van der Waals surface area contributed by atoms with Crippen molar-refractivity contribution in [2.45, 2.75) is 18.9 Å². The minimum absolute atomic E-state index is 0.269. The molecule has 6 rings (SSSR count). The Morgan fingerprint density at radius 1 is 1.06 bits per heavy atom. The topological polar surface area (TPSA) is 130 Å². The van der Waals surface area contributed by atoms with Crippen LogP contribution in [0.25, 0.3) is 11.4 Å². The maximum Gasteiger partial charge on any atom is 0.231 e. The van der Waals surface area contributed by atoms with Crippen LogP contribution < -0.4 is 19.7 Å². The monoisotopic (exact) mass is 431 g/mol. The Morgan fingerprint density at radius 2 is 1.97 bits per heavy atom. The highest BCUT2D eigenvalue weighted by molar-refractivity contribution is 5.57. The molecule has 3 N–H and O–H groups in total. The van der Waals surface area contributed by atoms with E-state index in [1.807, 2.05) is 24.4 Å². The number of ether oxygens (including phenoxy) is 2. The second-order valence-electron chi connectivity index (χ2n) is 7.78. The molecule has 0 amide bonds. The lowest BCUT2D eigenvalue weighted by Gasteiger charge is -2.15. The maximum atomic E-state index is 5.42. The Morgan fingerprint density at radius 3 is 2.84 bits per heavy atom. The SMILES string of the molecule is c1cc2c(cc1CNc1ncc(-c3ncc(N4CCC(c5cn[nH]n5)C4)[nH]3)cn1)OCO2. The molecule has 5 heterocycles. The van der Waals surface area contributed by atoms with E-state index >= 15 is 0 Å². The summed E-state index contributed by atoms with van der Waals surface area (Å²) in [6.45, 7) is 2.68. The van der Waals surface area contributed by atoms with Crippen LogP contribution in [0.4, 0.5) is 11.8 Å². The van der Waals surface area contributed by atoms with E-state index in [0.29, 0.717) is 18.4 Å². The molecular formula is C21H21N9O2. The number of aromatic amines is 2. The van der Waals surface area contributed by atoms with Gasteiger partial charge in [-0.25, -0.2) is 15.0 Å². The van der Waals surface area contributed by atoms with Crippen LogP contribution in [0.1, 0.15) is 23.6 Å². The highest BCUT2D eigenvalue weighted by Crippen LogP contribution is 2.33. The first-order valence-corrected chi connectivity index (χ1v) is 10.4. The van der Waals surface area contributed by atoms with Gasteiger partial charge >= 0.3 is 0 Å². The fourth-order valence-electron chi connectivity index (χ4n) is 4.02. The van der Waals surface area contributed by atoms with Crippen molar-refractivity contribution in [1.29, 1.82) is 0 Å². The van der Waals surface area contributed by atoms with Gasteiger partial charge in [0.1, 0.15) is 11.6 Å². The molecule has 162 valence electrons. The van der Waals surface area contributed by atoms with Crippen molar-refractivity contribution in [3.8, 4) is 22.9 Å². The Labute approximate surface area is 183 Å².